The van der Waals surface area contributed by atoms with E-state index in [4.69, 9.17) is 16.3 Å². The summed E-state index contributed by atoms with van der Waals surface area (Å²) in [7, 11) is 0. The van der Waals surface area contributed by atoms with E-state index < -0.39 is 0 Å². The molecule has 1 nitrogen and oxygen atoms in total. The molecule has 1 heterocycles. The SMILES string of the molecule is Cc1cccc(C(CBr)Cc2cc(Cl)cc3c2OCC3)c1. The normalized spacial score (nSPS) is 14.6. The molecule has 21 heavy (non-hydrogen) atoms. The first-order valence-electron chi connectivity index (χ1n) is 7.24. The standard InChI is InChI=1S/C18H18BrClO/c1-12-3-2-4-13(7-12)16(11-19)8-15-10-17(20)9-14-5-6-21-18(14)15/h2-4,7,9-10,16H,5-6,8,11H2,1H3. The van der Waals surface area contributed by atoms with Crippen LogP contribution in [0.3, 0.4) is 0 Å². The minimum atomic E-state index is 0.427. The summed E-state index contributed by atoms with van der Waals surface area (Å²) in [5.74, 6) is 1.48. The van der Waals surface area contributed by atoms with Crippen LogP contribution in [0.1, 0.15) is 28.2 Å². The zero-order chi connectivity index (χ0) is 14.8. The number of halogens is 2. The summed E-state index contributed by atoms with van der Waals surface area (Å²) in [5, 5.41) is 1.74. The highest BCUT2D eigenvalue weighted by molar-refractivity contribution is 9.09. The van der Waals surface area contributed by atoms with E-state index >= 15 is 0 Å². The van der Waals surface area contributed by atoms with Gasteiger partial charge in [-0.15, -0.1) is 0 Å². The molecule has 0 saturated heterocycles. The lowest BCUT2D eigenvalue weighted by molar-refractivity contribution is 0.353. The van der Waals surface area contributed by atoms with Gasteiger partial charge in [-0.1, -0.05) is 57.4 Å². The Kier molecular flexibility index (Phi) is 4.56. The molecule has 3 heteroatoms. The molecule has 0 aliphatic carbocycles. The first-order chi connectivity index (χ1) is 10.2. The first kappa shape index (κ1) is 14.9. The van der Waals surface area contributed by atoms with Crippen molar-refractivity contribution >= 4 is 27.5 Å². The van der Waals surface area contributed by atoms with Crippen LogP contribution in [-0.4, -0.2) is 11.9 Å². The summed E-state index contributed by atoms with van der Waals surface area (Å²) < 4.78 is 5.82. The van der Waals surface area contributed by atoms with Crippen LogP contribution >= 0.6 is 27.5 Å². The van der Waals surface area contributed by atoms with Crippen molar-refractivity contribution in [3.8, 4) is 5.75 Å². The second-order valence-corrected chi connectivity index (χ2v) is 6.71. The van der Waals surface area contributed by atoms with E-state index in [2.05, 4.69) is 53.2 Å². The number of fused-ring (bicyclic) bond motifs is 1. The van der Waals surface area contributed by atoms with Crippen LogP contribution in [0.2, 0.25) is 5.02 Å². The molecule has 2 aromatic rings. The van der Waals surface area contributed by atoms with Crippen molar-refractivity contribution in [1.82, 2.24) is 0 Å². The van der Waals surface area contributed by atoms with E-state index in [-0.39, 0.29) is 0 Å². The maximum atomic E-state index is 6.26. The van der Waals surface area contributed by atoms with E-state index in [0.29, 0.717) is 5.92 Å². The van der Waals surface area contributed by atoms with Crippen molar-refractivity contribution in [2.75, 3.05) is 11.9 Å². The molecular weight excluding hydrogens is 348 g/mol. The van der Waals surface area contributed by atoms with E-state index in [1.54, 1.807) is 0 Å². The lowest BCUT2D eigenvalue weighted by Gasteiger charge is -2.17. The third-order valence-corrected chi connectivity index (χ3v) is 4.99. The average molecular weight is 366 g/mol. The van der Waals surface area contributed by atoms with E-state index in [0.717, 1.165) is 35.6 Å². The fourth-order valence-electron chi connectivity index (χ4n) is 2.95. The molecule has 0 N–H and O–H groups in total. The van der Waals surface area contributed by atoms with Crippen molar-refractivity contribution in [3.63, 3.8) is 0 Å². The Morgan fingerprint density at radius 1 is 1.29 bits per heavy atom. The number of alkyl halides is 1. The molecular formula is C18H18BrClO. The molecule has 2 aromatic carbocycles. The molecule has 1 aliphatic rings. The molecule has 1 unspecified atom stereocenters. The van der Waals surface area contributed by atoms with Crippen LogP contribution < -0.4 is 4.74 Å². The van der Waals surface area contributed by atoms with Crippen molar-refractivity contribution in [1.29, 1.82) is 0 Å². The van der Waals surface area contributed by atoms with Crippen molar-refractivity contribution in [3.05, 3.63) is 63.7 Å². The summed E-state index contributed by atoms with van der Waals surface area (Å²) >= 11 is 9.92. The van der Waals surface area contributed by atoms with Gasteiger partial charge >= 0.3 is 0 Å². The second-order valence-electron chi connectivity index (χ2n) is 5.62. The fraction of sp³-hybridized carbons (Fsp3) is 0.333. The van der Waals surface area contributed by atoms with Gasteiger partial charge in [0.1, 0.15) is 5.75 Å². The minimum Gasteiger partial charge on any atom is -0.493 e. The van der Waals surface area contributed by atoms with E-state index in [1.165, 1.54) is 22.3 Å². The van der Waals surface area contributed by atoms with Gasteiger partial charge in [0.05, 0.1) is 6.61 Å². The van der Waals surface area contributed by atoms with Crippen LogP contribution in [0.4, 0.5) is 0 Å². The molecule has 0 aromatic heterocycles. The zero-order valence-electron chi connectivity index (χ0n) is 12.0. The van der Waals surface area contributed by atoms with Crippen LogP contribution in [0, 0.1) is 6.92 Å². The largest absolute Gasteiger partial charge is 0.493 e. The number of aryl methyl sites for hydroxylation is 1. The van der Waals surface area contributed by atoms with E-state index in [9.17, 15) is 0 Å². The smallest absolute Gasteiger partial charge is 0.125 e. The molecule has 3 rings (SSSR count). The first-order valence-corrected chi connectivity index (χ1v) is 8.74. The molecule has 110 valence electrons. The second kappa shape index (κ2) is 6.41. The molecule has 1 aliphatic heterocycles. The Hall–Kier alpha value is -0.990. The number of hydrogen-bond donors (Lipinski definition) is 0. The Morgan fingerprint density at radius 2 is 2.14 bits per heavy atom. The number of ether oxygens (including phenoxy) is 1. The summed E-state index contributed by atoms with van der Waals surface area (Å²) in [5.41, 5.74) is 5.13. The van der Waals surface area contributed by atoms with Crippen LogP contribution in [-0.2, 0) is 12.8 Å². The number of benzene rings is 2. The van der Waals surface area contributed by atoms with E-state index in [1.807, 2.05) is 6.07 Å². The zero-order valence-corrected chi connectivity index (χ0v) is 14.4. The van der Waals surface area contributed by atoms with Gasteiger partial charge in [0.25, 0.3) is 0 Å². The van der Waals surface area contributed by atoms with Gasteiger partial charge in [-0.2, -0.15) is 0 Å². The van der Waals surface area contributed by atoms with Crippen LogP contribution in [0.5, 0.6) is 5.75 Å². The van der Waals surface area contributed by atoms with Gasteiger partial charge in [-0.25, -0.2) is 0 Å². The van der Waals surface area contributed by atoms with Crippen molar-refractivity contribution in [2.24, 2.45) is 0 Å². The molecule has 0 saturated carbocycles. The monoisotopic (exact) mass is 364 g/mol. The molecule has 0 amide bonds. The molecule has 1 atom stereocenters. The van der Waals surface area contributed by atoms with Crippen molar-refractivity contribution in [2.45, 2.75) is 25.7 Å². The van der Waals surface area contributed by atoms with Gasteiger partial charge < -0.3 is 4.74 Å². The molecule has 0 fully saturated rings. The lowest BCUT2D eigenvalue weighted by Crippen LogP contribution is -2.06. The van der Waals surface area contributed by atoms with Gasteiger partial charge in [-0.3, -0.25) is 0 Å². The number of hydrogen-bond acceptors (Lipinski definition) is 1. The van der Waals surface area contributed by atoms with Crippen LogP contribution in [0.15, 0.2) is 36.4 Å². The lowest BCUT2D eigenvalue weighted by atomic mass is 9.91. The molecule has 0 bridgehead atoms. The Bertz CT molecular complexity index is 654. The quantitative estimate of drug-likeness (QED) is 0.668. The predicted molar refractivity (Wildman–Crippen MR) is 92.1 cm³/mol. The van der Waals surface area contributed by atoms with Gasteiger partial charge in [0.15, 0.2) is 0 Å². The predicted octanol–water partition coefficient (Wildman–Crippen LogP) is 5.30. The highest BCUT2D eigenvalue weighted by Crippen LogP contribution is 2.36. The molecule has 0 radical (unpaired) electrons. The van der Waals surface area contributed by atoms with Crippen molar-refractivity contribution < 1.29 is 4.74 Å². The Morgan fingerprint density at radius 3 is 2.90 bits per heavy atom. The topological polar surface area (TPSA) is 9.23 Å². The summed E-state index contributed by atoms with van der Waals surface area (Å²) in [6.45, 7) is 2.90. The van der Waals surface area contributed by atoms with Gasteiger partial charge in [0, 0.05) is 16.8 Å². The summed E-state index contributed by atoms with van der Waals surface area (Å²) in [6.07, 6.45) is 1.91. The number of rotatable bonds is 4. The third kappa shape index (κ3) is 3.27. The third-order valence-electron chi connectivity index (χ3n) is 3.99. The maximum Gasteiger partial charge on any atom is 0.125 e. The molecule has 0 spiro atoms. The highest BCUT2D eigenvalue weighted by Gasteiger charge is 2.20. The maximum absolute atomic E-state index is 6.26. The minimum absolute atomic E-state index is 0.427. The van der Waals surface area contributed by atoms with Gasteiger partial charge in [-0.05, 0) is 48.1 Å². The summed E-state index contributed by atoms with van der Waals surface area (Å²) in [6, 6.07) is 12.8. The highest BCUT2D eigenvalue weighted by atomic mass is 79.9. The van der Waals surface area contributed by atoms with Crippen LogP contribution in [0.25, 0.3) is 0 Å². The Balaban J connectivity index is 1.91. The average Bonchev–Trinajstić information content (AvgIpc) is 2.92. The Labute approximate surface area is 139 Å². The summed E-state index contributed by atoms with van der Waals surface area (Å²) in [4.78, 5) is 0. The fourth-order valence-corrected chi connectivity index (χ4v) is 3.81. The van der Waals surface area contributed by atoms with Gasteiger partial charge in [0.2, 0.25) is 0 Å².